The molecule has 114 valence electrons. The molecule has 1 aromatic carbocycles. The van der Waals surface area contributed by atoms with Crippen LogP contribution in [0.3, 0.4) is 0 Å². The molecule has 0 unspecified atom stereocenters. The van der Waals surface area contributed by atoms with Crippen molar-refractivity contribution >= 4 is 12.0 Å². The van der Waals surface area contributed by atoms with Gasteiger partial charge < -0.3 is 15.4 Å². The molecule has 1 aromatic rings. The third kappa shape index (κ3) is 4.48. The van der Waals surface area contributed by atoms with E-state index in [1.165, 1.54) is 0 Å². The first-order chi connectivity index (χ1) is 9.98. The summed E-state index contributed by atoms with van der Waals surface area (Å²) in [6, 6.07) is 9.61. The quantitative estimate of drug-likeness (QED) is 0.924. The molecule has 0 aromatic heterocycles. The van der Waals surface area contributed by atoms with E-state index in [1.54, 1.807) is 4.90 Å². The van der Waals surface area contributed by atoms with Gasteiger partial charge in [-0.25, -0.2) is 4.79 Å². The minimum Gasteiger partial charge on any atom is -0.445 e. The lowest BCUT2D eigenvalue weighted by atomic mass is 9.77. The number of primary amides is 1. The molecule has 1 heterocycles. The molecule has 21 heavy (non-hydrogen) atoms. The number of benzene rings is 1. The number of ether oxygens (including phenoxy) is 1. The Labute approximate surface area is 125 Å². The molecule has 0 radical (unpaired) electrons. The van der Waals surface area contributed by atoms with Crippen LogP contribution in [0.2, 0.25) is 0 Å². The highest BCUT2D eigenvalue weighted by molar-refractivity contribution is 5.74. The summed E-state index contributed by atoms with van der Waals surface area (Å²) in [5, 5.41) is 0. The fraction of sp³-hybridized carbons (Fsp3) is 0.500. The lowest BCUT2D eigenvalue weighted by molar-refractivity contribution is -0.120. The Hall–Kier alpha value is -2.04. The molecule has 0 bridgehead atoms. The molecule has 5 nitrogen and oxygen atoms in total. The van der Waals surface area contributed by atoms with E-state index in [2.05, 4.69) is 0 Å². The van der Waals surface area contributed by atoms with Crippen molar-refractivity contribution in [1.29, 1.82) is 0 Å². The Morgan fingerprint density at radius 3 is 2.43 bits per heavy atom. The molecule has 2 amide bonds. The largest absolute Gasteiger partial charge is 0.445 e. The summed E-state index contributed by atoms with van der Waals surface area (Å²) >= 11 is 0. The lowest BCUT2D eigenvalue weighted by Crippen LogP contribution is -2.43. The molecular weight excluding hydrogens is 268 g/mol. The van der Waals surface area contributed by atoms with Crippen molar-refractivity contribution in [2.75, 3.05) is 13.1 Å². The van der Waals surface area contributed by atoms with Crippen molar-refractivity contribution in [3.8, 4) is 0 Å². The Morgan fingerprint density at radius 2 is 1.86 bits per heavy atom. The van der Waals surface area contributed by atoms with Gasteiger partial charge in [-0.3, -0.25) is 4.79 Å². The van der Waals surface area contributed by atoms with E-state index in [-0.39, 0.29) is 24.0 Å². The van der Waals surface area contributed by atoms with Crippen molar-refractivity contribution in [3.05, 3.63) is 35.9 Å². The van der Waals surface area contributed by atoms with E-state index in [9.17, 15) is 9.59 Å². The number of carbonyl (C=O) groups is 2. The van der Waals surface area contributed by atoms with Gasteiger partial charge in [-0.1, -0.05) is 37.3 Å². The normalized spacial score (nSPS) is 17.3. The standard InChI is InChI=1S/C16H22N2O3/c1-16(11-14(17)19)7-9-18(10-8-16)15(20)21-12-13-5-3-2-4-6-13/h2-6H,7-12H2,1H3,(H2,17,19). The Balaban J connectivity index is 1.79. The summed E-state index contributed by atoms with van der Waals surface area (Å²) in [5.74, 6) is -0.280. The van der Waals surface area contributed by atoms with E-state index in [0.29, 0.717) is 19.5 Å². The van der Waals surface area contributed by atoms with E-state index in [4.69, 9.17) is 10.5 Å². The molecule has 2 N–H and O–H groups in total. The summed E-state index contributed by atoms with van der Waals surface area (Å²) < 4.78 is 5.31. The Morgan fingerprint density at radius 1 is 1.24 bits per heavy atom. The number of likely N-dealkylation sites (tertiary alicyclic amines) is 1. The molecule has 0 saturated carbocycles. The second-order valence-corrected chi connectivity index (χ2v) is 5.98. The minimum atomic E-state index is -0.292. The van der Waals surface area contributed by atoms with E-state index in [1.807, 2.05) is 37.3 Å². The first-order valence-electron chi connectivity index (χ1n) is 7.22. The molecule has 0 spiro atoms. The maximum Gasteiger partial charge on any atom is 0.410 e. The van der Waals surface area contributed by atoms with Crippen molar-refractivity contribution in [2.45, 2.75) is 32.8 Å². The summed E-state index contributed by atoms with van der Waals surface area (Å²) in [7, 11) is 0. The number of rotatable bonds is 4. The van der Waals surface area contributed by atoms with Gasteiger partial charge in [0.05, 0.1) is 0 Å². The molecule has 1 saturated heterocycles. The van der Waals surface area contributed by atoms with Gasteiger partial charge in [-0.2, -0.15) is 0 Å². The van der Waals surface area contributed by atoms with Crippen LogP contribution in [-0.4, -0.2) is 30.0 Å². The second kappa shape index (κ2) is 6.61. The molecule has 5 heteroatoms. The fourth-order valence-corrected chi connectivity index (χ4v) is 2.64. The van der Waals surface area contributed by atoms with Gasteiger partial charge in [0.15, 0.2) is 0 Å². The molecule has 1 aliphatic rings. The van der Waals surface area contributed by atoms with Crippen molar-refractivity contribution in [2.24, 2.45) is 11.1 Å². The second-order valence-electron chi connectivity index (χ2n) is 5.98. The van der Waals surface area contributed by atoms with Crippen LogP contribution in [0.4, 0.5) is 4.79 Å². The average molecular weight is 290 g/mol. The third-order valence-corrected chi connectivity index (χ3v) is 4.03. The van der Waals surface area contributed by atoms with Crippen molar-refractivity contribution in [3.63, 3.8) is 0 Å². The maximum atomic E-state index is 12.0. The van der Waals surface area contributed by atoms with E-state index < -0.39 is 0 Å². The summed E-state index contributed by atoms with van der Waals surface area (Å²) in [5.41, 5.74) is 6.15. The molecule has 1 aliphatic heterocycles. The molecular formula is C16H22N2O3. The van der Waals surface area contributed by atoms with Gasteiger partial charge >= 0.3 is 6.09 Å². The van der Waals surface area contributed by atoms with E-state index >= 15 is 0 Å². The molecule has 0 aliphatic carbocycles. The van der Waals surface area contributed by atoms with Gasteiger partial charge in [0.1, 0.15) is 6.61 Å². The van der Waals surface area contributed by atoms with Crippen LogP contribution in [0.25, 0.3) is 0 Å². The summed E-state index contributed by atoms with van der Waals surface area (Å²) in [6.07, 6.45) is 1.63. The lowest BCUT2D eigenvalue weighted by Gasteiger charge is -2.38. The number of carbonyl (C=O) groups excluding carboxylic acids is 2. The number of piperidine rings is 1. The first kappa shape index (κ1) is 15.4. The fourth-order valence-electron chi connectivity index (χ4n) is 2.64. The summed E-state index contributed by atoms with van der Waals surface area (Å²) in [4.78, 5) is 24.8. The Kier molecular flexibility index (Phi) is 4.83. The highest BCUT2D eigenvalue weighted by Crippen LogP contribution is 2.34. The number of hydrogen-bond donors (Lipinski definition) is 1. The number of nitrogens with zero attached hydrogens (tertiary/aromatic N) is 1. The first-order valence-corrected chi connectivity index (χ1v) is 7.22. The number of hydrogen-bond acceptors (Lipinski definition) is 3. The van der Waals surface area contributed by atoms with Gasteiger partial charge in [0.2, 0.25) is 5.91 Å². The monoisotopic (exact) mass is 290 g/mol. The van der Waals surface area contributed by atoms with Gasteiger partial charge in [0, 0.05) is 19.5 Å². The average Bonchev–Trinajstić information content (AvgIpc) is 2.45. The molecule has 1 fully saturated rings. The topological polar surface area (TPSA) is 72.6 Å². The van der Waals surface area contributed by atoms with Crippen molar-refractivity contribution in [1.82, 2.24) is 4.90 Å². The van der Waals surface area contributed by atoms with Gasteiger partial charge in [0.25, 0.3) is 0 Å². The minimum absolute atomic E-state index is 0.0952. The zero-order valence-corrected chi connectivity index (χ0v) is 12.4. The van der Waals surface area contributed by atoms with Crippen LogP contribution in [0.15, 0.2) is 30.3 Å². The number of nitrogens with two attached hydrogens (primary N) is 1. The van der Waals surface area contributed by atoms with E-state index in [0.717, 1.165) is 18.4 Å². The van der Waals surface area contributed by atoms with Crippen LogP contribution in [0.5, 0.6) is 0 Å². The van der Waals surface area contributed by atoms with Gasteiger partial charge in [-0.05, 0) is 23.8 Å². The van der Waals surface area contributed by atoms with Crippen LogP contribution >= 0.6 is 0 Å². The highest BCUT2D eigenvalue weighted by Gasteiger charge is 2.33. The SMILES string of the molecule is CC1(CC(N)=O)CCN(C(=O)OCc2ccccc2)CC1. The van der Waals surface area contributed by atoms with Crippen LogP contribution in [0.1, 0.15) is 31.7 Å². The zero-order chi connectivity index (χ0) is 15.3. The Bertz CT molecular complexity index is 494. The predicted molar refractivity (Wildman–Crippen MR) is 79.4 cm³/mol. The smallest absolute Gasteiger partial charge is 0.410 e. The molecule has 2 rings (SSSR count). The van der Waals surface area contributed by atoms with Crippen LogP contribution in [0, 0.1) is 5.41 Å². The summed E-state index contributed by atoms with van der Waals surface area (Å²) in [6.45, 7) is 3.55. The molecule has 0 atom stereocenters. The van der Waals surface area contributed by atoms with Crippen LogP contribution < -0.4 is 5.73 Å². The van der Waals surface area contributed by atoms with Crippen molar-refractivity contribution < 1.29 is 14.3 Å². The highest BCUT2D eigenvalue weighted by atomic mass is 16.6. The third-order valence-electron chi connectivity index (χ3n) is 4.03. The van der Waals surface area contributed by atoms with Gasteiger partial charge in [-0.15, -0.1) is 0 Å². The van der Waals surface area contributed by atoms with Crippen LogP contribution in [-0.2, 0) is 16.1 Å². The zero-order valence-electron chi connectivity index (χ0n) is 12.4. The predicted octanol–water partition coefficient (Wildman–Crippen LogP) is 2.30. The number of amides is 2. The maximum absolute atomic E-state index is 12.0.